The molecular formula is C28H33F3N6O3. The number of amides is 1. The number of alkyl halides is 3. The Balaban J connectivity index is 1.25. The molecule has 2 aliphatic heterocycles. The van der Waals surface area contributed by atoms with E-state index in [9.17, 15) is 18.0 Å². The summed E-state index contributed by atoms with van der Waals surface area (Å²) in [6.07, 6.45) is 1.26. The second kappa shape index (κ2) is 12.4. The van der Waals surface area contributed by atoms with Crippen LogP contribution in [-0.2, 0) is 27.1 Å². The van der Waals surface area contributed by atoms with E-state index in [2.05, 4.69) is 30.5 Å². The summed E-state index contributed by atoms with van der Waals surface area (Å²) >= 11 is 0. The molecule has 1 amide bonds. The number of nitrogens with zero attached hydrogens (tertiary/aromatic N) is 4. The zero-order valence-corrected chi connectivity index (χ0v) is 22.3. The third-order valence-electron chi connectivity index (χ3n) is 7.39. The van der Waals surface area contributed by atoms with Crippen LogP contribution in [0.3, 0.4) is 0 Å². The summed E-state index contributed by atoms with van der Waals surface area (Å²) in [5.74, 6) is -0.141. The summed E-state index contributed by atoms with van der Waals surface area (Å²) in [4.78, 5) is 27.8. The maximum absolute atomic E-state index is 13.3. The smallest absolute Gasteiger partial charge is 0.381 e. The fourth-order valence-corrected chi connectivity index (χ4v) is 5.24. The third-order valence-corrected chi connectivity index (χ3v) is 7.39. The summed E-state index contributed by atoms with van der Waals surface area (Å²) in [7, 11) is 0. The van der Waals surface area contributed by atoms with Crippen LogP contribution in [0.15, 0.2) is 42.9 Å². The molecule has 0 aliphatic carbocycles. The first-order chi connectivity index (χ1) is 19.3. The van der Waals surface area contributed by atoms with E-state index in [-0.39, 0.29) is 35.8 Å². The monoisotopic (exact) mass is 558 g/mol. The van der Waals surface area contributed by atoms with Gasteiger partial charge in [-0.2, -0.15) is 13.2 Å². The SMILES string of the molecule is Cc1ccc(CO[C@H]2CN(C3CCCOCC3)CC2NC(=O)CNc2ncnc3ccc(C(F)(F)F)cc23)cn1. The van der Waals surface area contributed by atoms with Crippen molar-refractivity contribution in [3.63, 3.8) is 0 Å². The summed E-state index contributed by atoms with van der Waals surface area (Å²) < 4.78 is 51.7. The van der Waals surface area contributed by atoms with Crippen LogP contribution in [0.25, 0.3) is 10.9 Å². The molecule has 3 atom stereocenters. The molecule has 5 rings (SSSR count). The van der Waals surface area contributed by atoms with Crippen molar-refractivity contribution in [1.82, 2.24) is 25.2 Å². The average Bonchev–Trinajstić information content (AvgIpc) is 3.13. The van der Waals surface area contributed by atoms with E-state index in [1.54, 1.807) is 6.20 Å². The highest BCUT2D eigenvalue weighted by Crippen LogP contribution is 2.32. The van der Waals surface area contributed by atoms with E-state index in [0.717, 1.165) is 49.3 Å². The van der Waals surface area contributed by atoms with E-state index >= 15 is 0 Å². The van der Waals surface area contributed by atoms with Gasteiger partial charge in [-0.15, -0.1) is 0 Å². The molecule has 0 bridgehead atoms. The number of ether oxygens (including phenoxy) is 2. The lowest BCUT2D eigenvalue weighted by Gasteiger charge is -2.26. The Kier molecular flexibility index (Phi) is 8.77. The summed E-state index contributed by atoms with van der Waals surface area (Å²) in [6.45, 7) is 4.93. The Labute approximate surface area is 230 Å². The van der Waals surface area contributed by atoms with Gasteiger partial charge in [0, 0.05) is 49.6 Å². The Hall–Kier alpha value is -3.35. The first kappa shape index (κ1) is 28.2. The van der Waals surface area contributed by atoms with Gasteiger partial charge in [-0.3, -0.25) is 14.7 Å². The second-order valence-electron chi connectivity index (χ2n) is 10.3. The van der Waals surface area contributed by atoms with Gasteiger partial charge in [0.05, 0.1) is 36.4 Å². The number of halogens is 3. The minimum absolute atomic E-state index is 0.162. The highest BCUT2D eigenvalue weighted by Gasteiger charge is 2.38. The van der Waals surface area contributed by atoms with Crippen LogP contribution in [-0.4, -0.2) is 76.8 Å². The molecule has 0 saturated carbocycles. The van der Waals surface area contributed by atoms with Crippen molar-refractivity contribution in [2.75, 3.05) is 38.2 Å². The van der Waals surface area contributed by atoms with Crippen molar-refractivity contribution in [2.45, 2.75) is 57.2 Å². The van der Waals surface area contributed by atoms with Crippen molar-refractivity contribution < 1.29 is 27.4 Å². The van der Waals surface area contributed by atoms with Crippen LogP contribution >= 0.6 is 0 Å². The minimum Gasteiger partial charge on any atom is -0.381 e. The molecule has 2 fully saturated rings. The number of aromatic nitrogens is 3. The van der Waals surface area contributed by atoms with Crippen LogP contribution in [0.1, 0.15) is 36.1 Å². The van der Waals surface area contributed by atoms with E-state index in [4.69, 9.17) is 9.47 Å². The number of aryl methyl sites for hydroxylation is 1. The maximum atomic E-state index is 13.3. The van der Waals surface area contributed by atoms with E-state index in [0.29, 0.717) is 37.9 Å². The topological polar surface area (TPSA) is 102 Å². The predicted octanol–water partition coefficient (Wildman–Crippen LogP) is 3.72. The van der Waals surface area contributed by atoms with E-state index < -0.39 is 11.7 Å². The zero-order valence-electron chi connectivity index (χ0n) is 22.3. The van der Waals surface area contributed by atoms with E-state index in [1.165, 1.54) is 12.4 Å². The number of rotatable bonds is 8. The van der Waals surface area contributed by atoms with Crippen molar-refractivity contribution in [3.8, 4) is 0 Å². The molecular weight excluding hydrogens is 525 g/mol. The van der Waals surface area contributed by atoms with Gasteiger partial charge in [-0.1, -0.05) is 6.07 Å². The summed E-state index contributed by atoms with van der Waals surface area (Å²) in [6, 6.07) is 7.27. The number of nitrogens with one attached hydrogen (secondary N) is 2. The van der Waals surface area contributed by atoms with Gasteiger partial charge in [0.2, 0.25) is 5.91 Å². The van der Waals surface area contributed by atoms with Gasteiger partial charge in [0.1, 0.15) is 12.1 Å². The number of carbonyl (C=O) groups excluding carboxylic acids is 1. The van der Waals surface area contributed by atoms with Gasteiger partial charge < -0.3 is 20.1 Å². The van der Waals surface area contributed by atoms with Crippen LogP contribution in [0.4, 0.5) is 19.0 Å². The molecule has 4 heterocycles. The maximum Gasteiger partial charge on any atom is 0.416 e. The summed E-state index contributed by atoms with van der Waals surface area (Å²) in [5, 5.41) is 6.16. The molecule has 9 nitrogen and oxygen atoms in total. The lowest BCUT2D eigenvalue weighted by Crippen LogP contribution is -2.46. The van der Waals surface area contributed by atoms with Crippen molar-refractivity contribution in [2.24, 2.45) is 0 Å². The molecule has 2 N–H and O–H groups in total. The molecule has 2 aromatic heterocycles. The van der Waals surface area contributed by atoms with Crippen molar-refractivity contribution in [1.29, 1.82) is 0 Å². The normalized spacial score (nSPS) is 22.2. The van der Waals surface area contributed by atoms with Gasteiger partial charge in [-0.05, 0) is 56.0 Å². The van der Waals surface area contributed by atoms with Gasteiger partial charge >= 0.3 is 6.18 Å². The largest absolute Gasteiger partial charge is 0.416 e. The average molecular weight is 559 g/mol. The molecule has 1 aromatic carbocycles. The number of fused-ring (bicyclic) bond motifs is 1. The number of likely N-dealkylation sites (tertiary alicyclic amines) is 1. The van der Waals surface area contributed by atoms with Gasteiger partial charge in [0.25, 0.3) is 0 Å². The molecule has 0 spiro atoms. The molecule has 2 unspecified atom stereocenters. The number of hydrogen-bond acceptors (Lipinski definition) is 8. The van der Waals surface area contributed by atoms with Crippen molar-refractivity contribution >= 4 is 22.6 Å². The fraction of sp³-hybridized carbons (Fsp3) is 0.500. The first-order valence-electron chi connectivity index (χ1n) is 13.5. The highest BCUT2D eigenvalue weighted by molar-refractivity contribution is 5.91. The highest BCUT2D eigenvalue weighted by atomic mass is 19.4. The molecule has 2 saturated heterocycles. The molecule has 214 valence electrons. The Morgan fingerprint density at radius 2 is 2.00 bits per heavy atom. The van der Waals surface area contributed by atoms with E-state index in [1.807, 2.05) is 19.1 Å². The van der Waals surface area contributed by atoms with Gasteiger partial charge in [0.15, 0.2) is 0 Å². The molecule has 40 heavy (non-hydrogen) atoms. The zero-order chi connectivity index (χ0) is 28.1. The predicted molar refractivity (Wildman–Crippen MR) is 143 cm³/mol. The Bertz CT molecular complexity index is 1300. The fourth-order valence-electron chi connectivity index (χ4n) is 5.24. The quantitative estimate of drug-likeness (QED) is 0.432. The lowest BCUT2D eigenvalue weighted by atomic mass is 10.1. The number of hydrogen-bond donors (Lipinski definition) is 2. The molecule has 0 radical (unpaired) electrons. The number of pyridine rings is 1. The van der Waals surface area contributed by atoms with Crippen LogP contribution in [0, 0.1) is 6.92 Å². The summed E-state index contributed by atoms with van der Waals surface area (Å²) in [5.41, 5.74) is 1.42. The molecule has 2 aliphatic rings. The second-order valence-corrected chi connectivity index (χ2v) is 10.3. The standard InChI is InChI=1S/C28H33F3N6O3/c1-18-4-5-19(12-32-18)16-40-25-15-37(21-3-2-9-39-10-8-21)14-24(25)36-26(38)13-33-27-22-11-20(28(29,30)31)6-7-23(22)34-17-35-27/h4-7,11-12,17,21,24-25H,2-3,8-10,13-16H2,1H3,(H,36,38)(H,33,34,35)/t21?,24?,25-/m0/s1. The Morgan fingerprint density at radius 3 is 2.80 bits per heavy atom. The lowest BCUT2D eigenvalue weighted by molar-refractivity contribution is -0.137. The Morgan fingerprint density at radius 1 is 1.12 bits per heavy atom. The van der Waals surface area contributed by atoms with Crippen molar-refractivity contribution in [3.05, 3.63) is 59.7 Å². The number of anilines is 1. The molecule has 3 aromatic rings. The minimum atomic E-state index is -4.50. The first-order valence-corrected chi connectivity index (χ1v) is 13.5. The molecule has 12 heteroatoms. The van der Waals surface area contributed by atoms with Crippen LogP contribution in [0.2, 0.25) is 0 Å². The third kappa shape index (κ3) is 7.04. The van der Waals surface area contributed by atoms with Gasteiger partial charge in [-0.25, -0.2) is 9.97 Å². The number of benzene rings is 1. The van der Waals surface area contributed by atoms with Crippen LogP contribution in [0.5, 0.6) is 0 Å². The number of carbonyl (C=O) groups is 1. The van der Waals surface area contributed by atoms with Crippen LogP contribution < -0.4 is 10.6 Å².